The summed E-state index contributed by atoms with van der Waals surface area (Å²) in [6, 6.07) is 5.94. The van der Waals surface area contributed by atoms with E-state index in [1.165, 1.54) is 23.5 Å². The van der Waals surface area contributed by atoms with Gasteiger partial charge in [-0.05, 0) is 19.4 Å². The van der Waals surface area contributed by atoms with Crippen molar-refractivity contribution in [3.8, 4) is 0 Å². The fourth-order valence-electron chi connectivity index (χ4n) is 1.61. The third-order valence-electron chi connectivity index (χ3n) is 2.79. The molecule has 0 aliphatic carbocycles. The predicted molar refractivity (Wildman–Crippen MR) is 77.0 cm³/mol. The number of amides is 1. The van der Waals surface area contributed by atoms with Crippen LogP contribution < -0.4 is 5.32 Å². The topological polar surface area (TPSA) is 85.1 Å². The highest BCUT2D eigenvalue weighted by atomic mass is 32.1. The number of thiazole rings is 1. The first-order chi connectivity index (χ1) is 9.45. The Kier molecular flexibility index (Phi) is 4.09. The lowest BCUT2D eigenvalue weighted by Gasteiger charge is -2.01. The maximum atomic E-state index is 11.8. The second-order valence-corrected chi connectivity index (χ2v) is 5.51. The second kappa shape index (κ2) is 5.79. The van der Waals surface area contributed by atoms with Gasteiger partial charge in [-0.3, -0.25) is 14.9 Å². The van der Waals surface area contributed by atoms with Crippen molar-refractivity contribution in [3.63, 3.8) is 0 Å². The minimum atomic E-state index is -0.467. The Morgan fingerprint density at radius 1 is 1.35 bits per heavy atom. The van der Waals surface area contributed by atoms with E-state index in [0.717, 1.165) is 16.1 Å². The zero-order valence-corrected chi connectivity index (χ0v) is 11.9. The number of benzene rings is 1. The average Bonchev–Trinajstić information content (AvgIpc) is 2.68. The molecule has 0 unspecified atom stereocenters. The van der Waals surface area contributed by atoms with Crippen LogP contribution in [0.25, 0.3) is 0 Å². The number of rotatable bonds is 4. The Morgan fingerprint density at radius 3 is 2.50 bits per heavy atom. The Labute approximate surface area is 119 Å². The third-order valence-corrected chi connectivity index (χ3v) is 3.78. The summed E-state index contributed by atoms with van der Waals surface area (Å²) in [5.74, 6) is -0.187. The van der Waals surface area contributed by atoms with Gasteiger partial charge in [0.15, 0.2) is 5.13 Å². The largest absolute Gasteiger partial charge is 0.302 e. The minimum Gasteiger partial charge on any atom is -0.302 e. The van der Waals surface area contributed by atoms with Crippen molar-refractivity contribution in [1.82, 2.24) is 4.98 Å². The van der Waals surface area contributed by atoms with Gasteiger partial charge in [0.2, 0.25) is 5.91 Å². The lowest BCUT2D eigenvalue weighted by Crippen LogP contribution is -2.14. The van der Waals surface area contributed by atoms with Gasteiger partial charge in [0, 0.05) is 17.0 Å². The normalized spacial score (nSPS) is 10.3. The predicted octanol–water partition coefficient (Wildman–Crippen LogP) is 2.85. The summed E-state index contributed by atoms with van der Waals surface area (Å²) in [5.41, 5.74) is 1.64. The first kappa shape index (κ1) is 14.1. The van der Waals surface area contributed by atoms with E-state index >= 15 is 0 Å². The number of anilines is 1. The van der Waals surface area contributed by atoms with Gasteiger partial charge in [-0.25, -0.2) is 4.98 Å². The second-order valence-electron chi connectivity index (χ2n) is 4.31. The van der Waals surface area contributed by atoms with E-state index in [-0.39, 0.29) is 18.0 Å². The van der Waals surface area contributed by atoms with Crippen LogP contribution in [0.3, 0.4) is 0 Å². The van der Waals surface area contributed by atoms with Crippen molar-refractivity contribution < 1.29 is 9.72 Å². The molecule has 0 atom stereocenters. The van der Waals surface area contributed by atoms with Gasteiger partial charge < -0.3 is 5.32 Å². The standard InChI is InChI=1S/C13H13N3O3S/c1-8-9(2)20-13(14-8)15-12(17)7-10-3-5-11(6-4-10)16(18)19/h3-6H,7H2,1-2H3,(H,14,15,17). The van der Waals surface area contributed by atoms with Crippen molar-refractivity contribution >= 4 is 28.1 Å². The van der Waals surface area contributed by atoms with E-state index in [1.807, 2.05) is 13.8 Å². The van der Waals surface area contributed by atoms with Crippen LogP contribution in [0.5, 0.6) is 0 Å². The van der Waals surface area contributed by atoms with Crippen molar-refractivity contribution in [2.45, 2.75) is 20.3 Å². The fourth-order valence-corrected chi connectivity index (χ4v) is 2.44. The van der Waals surface area contributed by atoms with Crippen LogP contribution in [-0.2, 0) is 11.2 Å². The summed E-state index contributed by atoms with van der Waals surface area (Å²) in [6.45, 7) is 3.83. The van der Waals surface area contributed by atoms with E-state index in [2.05, 4.69) is 10.3 Å². The zero-order chi connectivity index (χ0) is 14.7. The SMILES string of the molecule is Cc1nc(NC(=O)Cc2ccc([N+](=O)[O-])cc2)sc1C. The van der Waals surface area contributed by atoms with E-state index < -0.39 is 4.92 Å². The highest BCUT2D eigenvalue weighted by Crippen LogP contribution is 2.21. The number of non-ortho nitro benzene ring substituents is 1. The number of carbonyl (C=O) groups is 1. The molecule has 2 aromatic rings. The smallest absolute Gasteiger partial charge is 0.269 e. The third kappa shape index (κ3) is 3.39. The molecule has 1 N–H and O–H groups in total. The molecular formula is C13H13N3O3S. The Hall–Kier alpha value is -2.28. The number of aryl methyl sites for hydroxylation is 2. The maximum Gasteiger partial charge on any atom is 0.269 e. The number of hydrogen-bond acceptors (Lipinski definition) is 5. The lowest BCUT2D eigenvalue weighted by atomic mass is 10.1. The highest BCUT2D eigenvalue weighted by Gasteiger charge is 2.10. The Bertz CT molecular complexity index is 630. The van der Waals surface area contributed by atoms with E-state index in [4.69, 9.17) is 0 Å². The molecule has 0 fully saturated rings. The van der Waals surface area contributed by atoms with Crippen LogP contribution in [0.4, 0.5) is 10.8 Å². The summed E-state index contributed by atoms with van der Waals surface area (Å²) in [4.78, 5) is 27.2. The molecule has 104 valence electrons. The highest BCUT2D eigenvalue weighted by molar-refractivity contribution is 7.15. The van der Waals surface area contributed by atoms with Gasteiger partial charge in [0.25, 0.3) is 5.69 Å². The first-order valence-corrected chi connectivity index (χ1v) is 6.74. The number of nitro benzene ring substituents is 1. The van der Waals surface area contributed by atoms with E-state index in [9.17, 15) is 14.9 Å². The van der Waals surface area contributed by atoms with Gasteiger partial charge in [-0.1, -0.05) is 12.1 Å². The quantitative estimate of drug-likeness (QED) is 0.693. The molecule has 6 nitrogen and oxygen atoms in total. The number of aromatic nitrogens is 1. The summed E-state index contributed by atoms with van der Waals surface area (Å²) >= 11 is 1.43. The van der Waals surface area contributed by atoms with Crippen LogP contribution >= 0.6 is 11.3 Å². The van der Waals surface area contributed by atoms with Gasteiger partial charge >= 0.3 is 0 Å². The average molecular weight is 291 g/mol. The summed E-state index contributed by atoms with van der Waals surface area (Å²) < 4.78 is 0. The van der Waals surface area contributed by atoms with Crippen molar-refractivity contribution in [2.75, 3.05) is 5.32 Å². The lowest BCUT2D eigenvalue weighted by molar-refractivity contribution is -0.384. The fraction of sp³-hybridized carbons (Fsp3) is 0.231. The van der Waals surface area contributed by atoms with Crippen LogP contribution in [0.1, 0.15) is 16.1 Å². The van der Waals surface area contributed by atoms with Crippen molar-refractivity contribution in [2.24, 2.45) is 0 Å². The number of nitrogens with one attached hydrogen (secondary N) is 1. The summed E-state index contributed by atoms with van der Waals surface area (Å²) in [5, 5.41) is 13.8. The molecule has 7 heteroatoms. The van der Waals surface area contributed by atoms with Crippen LogP contribution in [0.15, 0.2) is 24.3 Å². The summed E-state index contributed by atoms with van der Waals surface area (Å²) in [7, 11) is 0. The van der Waals surface area contributed by atoms with Crippen LogP contribution in [0.2, 0.25) is 0 Å². The molecule has 20 heavy (non-hydrogen) atoms. The Balaban J connectivity index is 1.99. The van der Waals surface area contributed by atoms with Crippen LogP contribution in [-0.4, -0.2) is 15.8 Å². The van der Waals surface area contributed by atoms with Gasteiger partial charge in [-0.15, -0.1) is 11.3 Å². The first-order valence-electron chi connectivity index (χ1n) is 5.93. The Morgan fingerprint density at radius 2 is 2.00 bits per heavy atom. The number of hydrogen-bond donors (Lipinski definition) is 1. The van der Waals surface area contributed by atoms with Crippen LogP contribution in [0, 0.1) is 24.0 Å². The van der Waals surface area contributed by atoms with Crippen molar-refractivity contribution in [1.29, 1.82) is 0 Å². The monoisotopic (exact) mass is 291 g/mol. The van der Waals surface area contributed by atoms with E-state index in [0.29, 0.717) is 5.13 Å². The number of nitro groups is 1. The molecule has 0 aliphatic heterocycles. The molecule has 0 bridgehead atoms. The molecular weight excluding hydrogens is 278 g/mol. The minimum absolute atomic E-state index is 0.0142. The van der Waals surface area contributed by atoms with E-state index in [1.54, 1.807) is 12.1 Å². The molecule has 2 rings (SSSR count). The molecule has 1 amide bonds. The maximum absolute atomic E-state index is 11.8. The molecule has 0 spiro atoms. The molecule has 0 radical (unpaired) electrons. The number of carbonyl (C=O) groups excluding carboxylic acids is 1. The molecule has 1 heterocycles. The molecule has 0 saturated heterocycles. The molecule has 1 aromatic carbocycles. The number of nitrogens with zero attached hydrogens (tertiary/aromatic N) is 2. The van der Waals surface area contributed by atoms with Gasteiger partial charge in [-0.2, -0.15) is 0 Å². The van der Waals surface area contributed by atoms with Gasteiger partial charge in [0.05, 0.1) is 17.0 Å². The molecule has 0 aliphatic rings. The molecule has 0 saturated carbocycles. The van der Waals surface area contributed by atoms with Crippen molar-refractivity contribution in [3.05, 3.63) is 50.5 Å². The zero-order valence-electron chi connectivity index (χ0n) is 11.0. The molecule has 1 aromatic heterocycles. The summed E-state index contributed by atoms with van der Waals surface area (Å²) in [6.07, 6.45) is 0.162. The van der Waals surface area contributed by atoms with Gasteiger partial charge in [0.1, 0.15) is 0 Å².